The van der Waals surface area contributed by atoms with Gasteiger partial charge in [0.1, 0.15) is 48.7 Å². The first-order valence-electron chi connectivity index (χ1n) is 14.6. The van der Waals surface area contributed by atoms with Crippen molar-refractivity contribution in [1.82, 2.24) is 35.2 Å². The fourth-order valence-electron chi connectivity index (χ4n) is 4.30. The molecule has 0 aromatic carbocycles. The van der Waals surface area contributed by atoms with E-state index in [0.717, 1.165) is 6.26 Å². The predicted molar refractivity (Wildman–Crippen MR) is 168 cm³/mol. The van der Waals surface area contributed by atoms with Gasteiger partial charge in [-0.15, -0.1) is 0 Å². The largest absolute Gasteiger partial charge is 0.476 e. The van der Waals surface area contributed by atoms with Crippen molar-refractivity contribution in [2.45, 2.75) is 51.4 Å². The third-order valence-corrected chi connectivity index (χ3v) is 8.11. The molecule has 0 saturated carbocycles. The number of carboxylic acids is 1. The quantitative estimate of drug-likeness (QED) is 0.136. The summed E-state index contributed by atoms with van der Waals surface area (Å²) in [6, 6.07) is -1.51. The summed E-state index contributed by atoms with van der Waals surface area (Å²) in [5.41, 5.74) is 6.35. The maximum atomic E-state index is 13.4. The van der Waals surface area contributed by atoms with E-state index in [1.807, 2.05) is 20.8 Å². The number of rotatable bonds is 12. The Balaban J connectivity index is 1.21. The number of hydrogen-bond acceptors (Lipinski definition) is 17. The minimum atomic E-state index is -1.24. The first-order chi connectivity index (χ1) is 23.3. The number of carbonyl (C=O) groups excluding carboxylic acids is 1. The molecule has 6 aromatic heterocycles. The van der Waals surface area contributed by atoms with Crippen molar-refractivity contribution < 1.29 is 46.3 Å². The Hall–Kier alpha value is -5.53. The molecule has 0 spiro atoms. The Kier molecular flexibility index (Phi) is 8.97. The van der Waals surface area contributed by atoms with Crippen LogP contribution in [0.3, 0.4) is 0 Å². The number of carboxylic acid groups (broad SMARTS) is 1. The Labute approximate surface area is 280 Å². The lowest BCUT2D eigenvalue weighted by Gasteiger charge is -2.21. The van der Waals surface area contributed by atoms with Gasteiger partial charge < -0.3 is 47.8 Å². The number of aryl methyl sites for hydroxylation is 2. The molecular weight excluding hydrogens is 664 g/mol. The second kappa shape index (κ2) is 13.2. The van der Waals surface area contributed by atoms with Crippen LogP contribution >= 0.6 is 11.8 Å². The van der Waals surface area contributed by atoms with Gasteiger partial charge >= 0.3 is 5.97 Å². The van der Waals surface area contributed by atoms with Gasteiger partial charge in [-0.05, 0) is 13.8 Å². The van der Waals surface area contributed by atoms with Gasteiger partial charge in [-0.1, -0.05) is 20.8 Å². The highest BCUT2D eigenvalue weighted by atomic mass is 32.2. The van der Waals surface area contributed by atoms with Gasteiger partial charge in [0.2, 0.25) is 35.3 Å². The standard InChI is InChI=1S/C30H30N8O10S/c1-12-20(27-36-18(10-46-27)29(41)42)38-28(48-12)21-13(2)47-26(37-21)19(11-49-30(3,4)5)32-22(40)15-7-44-24(33-15)17-9-45-25(35-17)16-8-43-23(34-16)14(31)6-39/h7-10,14,19,39H,6,11,31H2,1-5H3,(H,32,40)(H,41,42)/t14-,19-/m1/s1. The van der Waals surface area contributed by atoms with Crippen LogP contribution in [-0.2, 0) is 0 Å². The summed E-state index contributed by atoms with van der Waals surface area (Å²) in [6.07, 6.45) is 4.77. The number of nitrogens with one attached hydrogen (secondary N) is 1. The van der Waals surface area contributed by atoms with Crippen molar-refractivity contribution in [2.24, 2.45) is 5.73 Å². The number of nitrogens with two attached hydrogens (primary N) is 1. The van der Waals surface area contributed by atoms with Gasteiger partial charge in [0.25, 0.3) is 5.91 Å². The fourth-order valence-corrected chi connectivity index (χ4v) is 5.19. The normalized spacial score (nSPS) is 13.1. The maximum Gasteiger partial charge on any atom is 0.357 e. The summed E-state index contributed by atoms with van der Waals surface area (Å²) in [7, 11) is 0. The predicted octanol–water partition coefficient (Wildman–Crippen LogP) is 4.59. The second-order valence-electron chi connectivity index (χ2n) is 11.6. The van der Waals surface area contributed by atoms with E-state index in [1.54, 1.807) is 25.6 Å². The van der Waals surface area contributed by atoms with E-state index in [4.69, 9.17) is 32.2 Å². The number of hydrogen-bond donors (Lipinski definition) is 4. The van der Waals surface area contributed by atoms with Crippen LogP contribution in [0, 0.1) is 13.8 Å². The van der Waals surface area contributed by atoms with Crippen molar-refractivity contribution in [1.29, 1.82) is 0 Å². The van der Waals surface area contributed by atoms with Crippen molar-refractivity contribution >= 4 is 23.6 Å². The summed E-state index contributed by atoms with van der Waals surface area (Å²) in [4.78, 5) is 50.4. The van der Waals surface area contributed by atoms with E-state index in [0.29, 0.717) is 17.3 Å². The molecule has 0 aliphatic rings. The second-order valence-corrected chi connectivity index (χ2v) is 13.5. The minimum Gasteiger partial charge on any atom is -0.476 e. The molecular formula is C30H30N8O10S. The topological polar surface area (TPSA) is 269 Å². The van der Waals surface area contributed by atoms with E-state index < -0.39 is 24.0 Å². The van der Waals surface area contributed by atoms with Crippen LogP contribution in [0.15, 0.2) is 51.6 Å². The summed E-state index contributed by atoms with van der Waals surface area (Å²) < 4.78 is 33.2. The molecule has 49 heavy (non-hydrogen) atoms. The molecule has 2 atom stereocenters. The van der Waals surface area contributed by atoms with E-state index in [-0.39, 0.29) is 80.9 Å². The zero-order valence-electron chi connectivity index (χ0n) is 26.7. The highest BCUT2D eigenvalue weighted by Gasteiger charge is 2.29. The number of oxazole rings is 6. The number of aliphatic hydroxyl groups is 1. The molecule has 6 heterocycles. The summed E-state index contributed by atoms with van der Waals surface area (Å²) in [5, 5.41) is 21.3. The Morgan fingerprint density at radius 3 is 2.12 bits per heavy atom. The molecule has 6 aromatic rings. The molecule has 0 radical (unpaired) electrons. The average Bonchev–Trinajstić information content (AvgIpc) is 3.89. The number of aromatic nitrogens is 6. The smallest absolute Gasteiger partial charge is 0.357 e. The van der Waals surface area contributed by atoms with Crippen molar-refractivity contribution in [3.05, 3.63) is 59.7 Å². The molecule has 256 valence electrons. The van der Waals surface area contributed by atoms with Crippen LogP contribution in [0.25, 0.3) is 46.3 Å². The van der Waals surface area contributed by atoms with Gasteiger partial charge in [0.05, 0.1) is 6.61 Å². The molecule has 18 nitrogen and oxygen atoms in total. The third-order valence-electron chi connectivity index (χ3n) is 6.74. The maximum absolute atomic E-state index is 13.4. The molecule has 6 rings (SSSR count). The van der Waals surface area contributed by atoms with E-state index in [9.17, 15) is 19.8 Å². The van der Waals surface area contributed by atoms with Crippen LogP contribution in [0.1, 0.15) is 77.1 Å². The lowest BCUT2D eigenvalue weighted by Crippen LogP contribution is -2.31. The Morgan fingerprint density at radius 1 is 0.796 bits per heavy atom. The van der Waals surface area contributed by atoms with Gasteiger partial charge in [-0.3, -0.25) is 4.79 Å². The number of aromatic carboxylic acids is 1. The molecule has 0 bridgehead atoms. The van der Waals surface area contributed by atoms with Gasteiger partial charge in [0, 0.05) is 10.5 Å². The zero-order valence-corrected chi connectivity index (χ0v) is 27.5. The molecule has 0 fully saturated rings. The van der Waals surface area contributed by atoms with Crippen LogP contribution in [0.2, 0.25) is 0 Å². The van der Waals surface area contributed by atoms with Crippen molar-refractivity contribution in [3.63, 3.8) is 0 Å². The number of carbonyl (C=O) groups is 2. The van der Waals surface area contributed by atoms with Gasteiger partial charge in [-0.2, -0.15) is 11.8 Å². The third kappa shape index (κ3) is 7.17. The van der Waals surface area contributed by atoms with Gasteiger partial charge in [0.15, 0.2) is 34.2 Å². The summed E-state index contributed by atoms with van der Waals surface area (Å²) >= 11 is 1.58. The average molecular weight is 695 g/mol. The van der Waals surface area contributed by atoms with Gasteiger partial charge in [-0.25, -0.2) is 34.7 Å². The molecule has 0 aliphatic heterocycles. The van der Waals surface area contributed by atoms with Crippen LogP contribution in [0.5, 0.6) is 0 Å². The summed E-state index contributed by atoms with van der Waals surface area (Å²) in [6.45, 7) is 9.06. The highest BCUT2D eigenvalue weighted by Crippen LogP contribution is 2.34. The first-order valence-corrected chi connectivity index (χ1v) is 15.6. The molecule has 1 amide bonds. The Morgan fingerprint density at radius 2 is 1.41 bits per heavy atom. The fraction of sp³-hybridized carbons (Fsp3) is 0.333. The van der Waals surface area contributed by atoms with Crippen molar-refractivity contribution in [3.8, 4) is 46.3 Å². The monoisotopic (exact) mass is 694 g/mol. The highest BCUT2D eigenvalue weighted by molar-refractivity contribution is 8.00. The van der Waals surface area contributed by atoms with Crippen LogP contribution in [0.4, 0.5) is 0 Å². The lowest BCUT2D eigenvalue weighted by molar-refractivity contribution is 0.0690. The van der Waals surface area contributed by atoms with Crippen LogP contribution < -0.4 is 11.1 Å². The molecule has 19 heteroatoms. The lowest BCUT2D eigenvalue weighted by atomic mass is 10.3. The van der Waals surface area contributed by atoms with E-state index in [1.165, 1.54) is 18.8 Å². The number of aliphatic hydroxyl groups excluding tert-OH is 1. The SMILES string of the molecule is Cc1oc(-c2nc([C@@H](CSC(C)(C)C)NC(=O)c3coc(-c4coc(-c5coc([C@H](N)CO)n5)n4)n3)oc2C)nc1-c1nc(C(=O)O)co1. The van der Waals surface area contributed by atoms with E-state index >= 15 is 0 Å². The molecule has 0 saturated heterocycles. The van der Waals surface area contributed by atoms with E-state index in [2.05, 4.69) is 35.2 Å². The molecule has 0 aliphatic carbocycles. The molecule has 0 unspecified atom stereocenters. The molecule has 5 N–H and O–H groups in total. The van der Waals surface area contributed by atoms with Crippen molar-refractivity contribution in [2.75, 3.05) is 12.4 Å². The number of thioether (sulfide) groups is 1. The number of nitrogens with zero attached hydrogens (tertiary/aromatic N) is 6. The minimum absolute atomic E-state index is 0.0161. The van der Waals surface area contributed by atoms with Crippen LogP contribution in [-0.4, -0.2) is 69.1 Å². The first kappa shape index (κ1) is 33.4. The zero-order chi connectivity index (χ0) is 35.0. The number of amides is 1. The summed E-state index contributed by atoms with van der Waals surface area (Å²) in [5.74, 6) is -0.261. The Bertz CT molecular complexity index is 2110.